The molecule has 0 radical (unpaired) electrons. The first-order valence-corrected chi connectivity index (χ1v) is 7.26. The first-order valence-electron chi connectivity index (χ1n) is 6.88. The molecule has 3 rings (SSSR count). The lowest BCUT2D eigenvalue weighted by Gasteiger charge is -2.16. The smallest absolute Gasteiger partial charge is 0.339 e. The number of anilines is 1. The van der Waals surface area contributed by atoms with Gasteiger partial charge in [0.2, 0.25) is 0 Å². The molecule has 0 saturated carbocycles. The van der Waals surface area contributed by atoms with Crippen LogP contribution in [0.15, 0.2) is 42.5 Å². The zero-order valence-corrected chi connectivity index (χ0v) is 12.5. The fraction of sp³-hybridized carbons (Fsp3) is 0.235. The van der Waals surface area contributed by atoms with Crippen LogP contribution in [0.25, 0.3) is 0 Å². The normalized spacial score (nSPS) is 13.8. The van der Waals surface area contributed by atoms with Crippen molar-refractivity contribution in [3.05, 3.63) is 64.2 Å². The van der Waals surface area contributed by atoms with Gasteiger partial charge in [-0.05, 0) is 42.2 Å². The number of methoxy groups -OCH3 is 1. The van der Waals surface area contributed by atoms with Crippen molar-refractivity contribution in [2.75, 3.05) is 12.4 Å². The Morgan fingerprint density at radius 2 is 1.86 bits per heavy atom. The number of hydrogen-bond acceptors (Lipinski definition) is 3. The number of carbonyl (C=O) groups is 1. The SMILES string of the molecule is COC(=O)c1ccc(Cl)cc1NC1Cc2ccccc2C1. The van der Waals surface area contributed by atoms with Gasteiger partial charge in [0, 0.05) is 11.1 Å². The molecule has 0 aliphatic heterocycles. The highest BCUT2D eigenvalue weighted by Gasteiger charge is 2.22. The van der Waals surface area contributed by atoms with Gasteiger partial charge in [-0.15, -0.1) is 0 Å². The summed E-state index contributed by atoms with van der Waals surface area (Å²) < 4.78 is 4.82. The number of rotatable bonds is 3. The summed E-state index contributed by atoms with van der Waals surface area (Å²) >= 11 is 6.05. The number of hydrogen-bond donors (Lipinski definition) is 1. The van der Waals surface area contributed by atoms with Gasteiger partial charge in [-0.3, -0.25) is 0 Å². The van der Waals surface area contributed by atoms with Crippen molar-refractivity contribution in [2.24, 2.45) is 0 Å². The van der Waals surface area contributed by atoms with Crippen LogP contribution in [0.5, 0.6) is 0 Å². The minimum Gasteiger partial charge on any atom is -0.465 e. The highest BCUT2D eigenvalue weighted by Crippen LogP contribution is 2.28. The number of nitrogens with one attached hydrogen (secondary N) is 1. The van der Waals surface area contributed by atoms with Gasteiger partial charge in [0.25, 0.3) is 0 Å². The van der Waals surface area contributed by atoms with Gasteiger partial charge in [-0.25, -0.2) is 4.79 Å². The summed E-state index contributed by atoms with van der Waals surface area (Å²) in [6.45, 7) is 0. The summed E-state index contributed by atoms with van der Waals surface area (Å²) in [5, 5.41) is 4.03. The molecule has 0 bridgehead atoms. The minimum absolute atomic E-state index is 0.268. The van der Waals surface area contributed by atoms with Gasteiger partial charge in [0.1, 0.15) is 0 Å². The first-order chi connectivity index (χ1) is 10.2. The summed E-state index contributed by atoms with van der Waals surface area (Å²) in [5.41, 5.74) is 3.96. The average Bonchev–Trinajstić information content (AvgIpc) is 2.89. The maximum atomic E-state index is 11.8. The molecule has 0 heterocycles. The molecule has 1 N–H and O–H groups in total. The lowest BCUT2D eigenvalue weighted by atomic mass is 10.1. The largest absolute Gasteiger partial charge is 0.465 e. The molecule has 0 atom stereocenters. The topological polar surface area (TPSA) is 38.3 Å². The maximum Gasteiger partial charge on any atom is 0.339 e. The quantitative estimate of drug-likeness (QED) is 0.878. The van der Waals surface area contributed by atoms with E-state index in [-0.39, 0.29) is 12.0 Å². The summed E-state index contributed by atoms with van der Waals surface area (Å²) in [5.74, 6) is -0.357. The van der Waals surface area contributed by atoms with Crippen molar-refractivity contribution in [1.82, 2.24) is 0 Å². The Balaban J connectivity index is 1.83. The van der Waals surface area contributed by atoms with Crippen molar-refractivity contribution < 1.29 is 9.53 Å². The molecule has 21 heavy (non-hydrogen) atoms. The molecule has 0 saturated heterocycles. The van der Waals surface area contributed by atoms with E-state index >= 15 is 0 Å². The van der Waals surface area contributed by atoms with Crippen molar-refractivity contribution in [1.29, 1.82) is 0 Å². The second-order valence-electron chi connectivity index (χ2n) is 5.20. The van der Waals surface area contributed by atoms with Gasteiger partial charge in [-0.1, -0.05) is 35.9 Å². The third kappa shape index (κ3) is 2.88. The van der Waals surface area contributed by atoms with E-state index in [0.29, 0.717) is 10.6 Å². The zero-order valence-electron chi connectivity index (χ0n) is 11.7. The van der Waals surface area contributed by atoms with Gasteiger partial charge in [-0.2, -0.15) is 0 Å². The number of halogens is 1. The highest BCUT2D eigenvalue weighted by molar-refractivity contribution is 6.31. The Hall–Kier alpha value is -2.00. The van der Waals surface area contributed by atoms with E-state index in [1.54, 1.807) is 18.2 Å². The van der Waals surface area contributed by atoms with Crippen molar-refractivity contribution in [3.63, 3.8) is 0 Å². The van der Waals surface area contributed by atoms with Crippen molar-refractivity contribution in [2.45, 2.75) is 18.9 Å². The van der Waals surface area contributed by atoms with E-state index in [2.05, 4.69) is 29.6 Å². The Bertz CT molecular complexity index is 659. The van der Waals surface area contributed by atoms with Gasteiger partial charge >= 0.3 is 5.97 Å². The first kappa shape index (κ1) is 14.0. The molecule has 3 nitrogen and oxygen atoms in total. The summed E-state index contributed by atoms with van der Waals surface area (Å²) in [6.07, 6.45) is 1.90. The second kappa shape index (κ2) is 5.78. The van der Waals surface area contributed by atoms with E-state index in [0.717, 1.165) is 18.5 Å². The third-order valence-electron chi connectivity index (χ3n) is 3.80. The van der Waals surface area contributed by atoms with E-state index in [4.69, 9.17) is 16.3 Å². The number of benzene rings is 2. The molecular weight excluding hydrogens is 286 g/mol. The number of esters is 1. The van der Waals surface area contributed by atoms with Crippen LogP contribution in [0.3, 0.4) is 0 Å². The van der Waals surface area contributed by atoms with Crippen molar-refractivity contribution >= 4 is 23.3 Å². The van der Waals surface area contributed by atoms with E-state index in [1.807, 2.05) is 0 Å². The highest BCUT2D eigenvalue weighted by atomic mass is 35.5. The van der Waals surface area contributed by atoms with E-state index < -0.39 is 0 Å². The predicted octanol–water partition coefficient (Wildman–Crippen LogP) is 3.71. The second-order valence-corrected chi connectivity index (χ2v) is 5.64. The van der Waals surface area contributed by atoms with Gasteiger partial charge < -0.3 is 10.1 Å². The molecule has 0 aromatic heterocycles. The molecule has 0 spiro atoms. The van der Waals surface area contributed by atoms with E-state index in [9.17, 15) is 4.79 Å². The van der Waals surface area contributed by atoms with Gasteiger partial charge in [0.15, 0.2) is 0 Å². The standard InChI is InChI=1S/C17H16ClNO2/c1-21-17(20)15-7-6-13(18)10-16(15)19-14-8-11-4-2-3-5-12(11)9-14/h2-7,10,14,19H,8-9H2,1H3. The van der Waals surface area contributed by atoms with Gasteiger partial charge in [0.05, 0.1) is 18.4 Å². The molecule has 2 aromatic rings. The molecule has 0 fully saturated rings. The number of carbonyl (C=O) groups excluding carboxylic acids is 1. The van der Waals surface area contributed by atoms with E-state index in [1.165, 1.54) is 18.2 Å². The fourth-order valence-electron chi connectivity index (χ4n) is 2.80. The Morgan fingerprint density at radius 1 is 1.19 bits per heavy atom. The van der Waals surface area contributed by atoms with Crippen LogP contribution in [-0.4, -0.2) is 19.1 Å². The van der Waals surface area contributed by atoms with Crippen LogP contribution in [-0.2, 0) is 17.6 Å². The lowest BCUT2D eigenvalue weighted by Crippen LogP contribution is -2.21. The molecule has 1 aliphatic rings. The summed E-state index contributed by atoms with van der Waals surface area (Å²) in [6, 6.07) is 13.8. The summed E-state index contributed by atoms with van der Waals surface area (Å²) in [7, 11) is 1.38. The Kier molecular flexibility index (Phi) is 3.84. The molecule has 4 heteroatoms. The van der Waals surface area contributed by atoms with Crippen LogP contribution in [0, 0.1) is 0 Å². The summed E-state index contributed by atoms with van der Waals surface area (Å²) in [4.78, 5) is 11.8. The molecule has 2 aromatic carbocycles. The fourth-order valence-corrected chi connectivity index (χ4v) is 2.98. The minimum atomic E-state index is -0.357. The average molecular weight is 302 g/mol. The Labute approximate surface area is 128 Å². The third-order valence-corrected chi connectivity index (χ3v) is 4.03. The molecule has 1 aliphatic carbocycles. The van der Waals surface area contributed by atoms with Crippen LogP contribution in [0.1, 0.15) is 21.5 Å². The molecule has 108 valence electrons. The molecule has 0 unspecified atom stereocenters. The zero-order chi connectivity index (χ0) is 14.8. The monoisotopic (exact) mass is 301 g/mol. The predicted molar refractivity (Wildman–Crippen MR) is 84.1 cm³/mol. The van der Waals surface area contributed by atoms with Crippen LogP contribution in [0.4, 0.5) is 5.69 Å². The Morgan fingerprint density at radius 3 is 2.48 bits per heavy atom. The maximum absolute atomic E-state index is 11.8. The number of fused-ring (bicyclic) bond motifs is 1. The van der Waals surface area contributed by atoms with Crippen LogP contribution >= 0.6 is 11.6 Å². The lowest BCUT2D eigenvalue weighted by molar-refractivity contribution is 0.0602. The van der Waals surface area contributed by atoms with Crippen molar-refractivity contribution in [3.8, 4) is 0 Å². The number of ether oxygens (including phenoxy) is 1. The van der Waals surface area contributed by atoms with Crippen LogP contribution in [0.2, 0.25) is 5.02 Å². The van der Waals surface area contributed by atoms with Crippen LogP contribution < -0.4 is 5.32 Å². The molecular formula is C17H16ClNO2. The molecule has 0 amide bonds.